The van der Waals surface area contributed by atoms with Crippen LogP contribution in [0, 0.1) is 0 Å². The molecule has 0 aromatic heterocycles. The molecule has 1 rings (SSSR count). The Morgan fingerprint density at radius 2 is 2.25 bits per heavy atom. The van der Waals surface area contributed by atoms with Gasteiger partial charge >= 0.3 is 5.97 Å². The smallest absolute Gasteiger partial charge is 0.328 e. The summed E-state index contributed by atoms with van der Waals surface area (Å²) in [5.74, 6) is -1.26. The van der Waals surface area contributed by atoms with Crippen LogP contribution in [0.4, 0.5) is 0 Å². The molecule has 90 valence electrons. The van der Waals surface area contributed by atoms with Crippen molar-refractivity contribution in [1.82, 2.24) is 10.2 Å². The fraction of sp³-hybridized carbons (Fsp3) is 0.625. The third-order valence-corrected chi connectivity index (χ3v) is 2.92. The Labute approximate surface area is 95.8 Å². The summed E-state index contributed by atoms with van der Waals surface area (Å²) in [4.78, 5) is 34.3. The van der Waals surface area contributed by atoms with Gasteiger partial charge in [-0.15, -0.1) is 11.8 Å². The fourth-order valence-corrected chi connectivity index (χ4v) is 2.04. The maximum absolute atomic E-state index is 11.3. The average Bonchev–Trinajstić information content (AvgIpc) is 2.60. The summed E-state index contributed by atoms with van der Waals surface area (Å²) in [7, 11) is 0. The van der Waals surface area contributed by atoms with E-state index in [9.17, 15) is 14.4 Å². The molecule has 0 aromatic carbocycles. The fourth-order valence-electron chi connectivity index (χ4n) is 1.14. The number of amides is 2. The Bertz CT molecular complexity index is 303. The topological polar surface area (TPSA) is 107 Å². The Morgan fingerprint density at radius 3 is 2.69 bits per heavy atom. The zero-order valence-corrected chi connectivity index (χ0v) is 9.20. The molecular weight excluding hydrogens is 236 g/mol. The zero-order chi connectivity index (χ0) is 12.1. The third kappa shape index (κ3) is 3.38. The van der Waals surface area contributed by atoms with Crippen LogP contribution in [0.3, 0.4) is 0 Å². The molecule has 3 N–H and O–H groups in total. The largest absolute Gasteiger partial charge is 0.480 e. The Hall–Kier alpha value is -1.28. The number of hydrogen-bond acceptors (Lipinski definition) is 5. The van der Waals surface area contributed by atoms with E-state index < -0.39 is 24.5 Å². The van der Waals surface area contributed by atoms with Crippen molar-refractivity contribution in [2.45, 2.75) is 6.04 Å². The van der Waals surface area contributed by atoms with Crippen LogP contribution in [0.25, 0.3) is 0 Å². The number of carboxylic acid groups (broad SMARTS) is 1. The molecule has 1 atom stereocenters. The summed E-state index contributed by atoms with van der Waals surface area (Å²) in [5.41, 5.74) is 0. The van der Waals surface area contributed by atoms with Crippen molar-refractivity contribution in [3.05, 3.63) is 0 Å². The predicted molar refractivity (Wildman–Crippen MR) is 55.7 cm³/mol. The Kier molecular flexibility index (Phi) is 4.56. The molecule has 0 aliphatic carbocycles. The lowest BCUT2D eigenvalue weighted by molar-refractivity contribution is -0.143. The van der Waals surface area contributed by atoms with Crippen molar-refractivity contribution >= 4 is 29.5 Å². The predicted octanol–water partition coefficient (Wildman–Crippen LogP) is -1.92. The summed E-state index contributed by atoms with van der Waals surface area (Å²) < 4.78 is 0. The maximum Gasteiger partial charge on any atom is 0.328 e. The average molecular weight is 248 g/mol. The van der Waals surface area contributed by atoms with Gasteiger partial charge in [-0.05, 0) is 0 Å². The first-order chi connectivity index (χ1) is 7.54. The van der Waals surface area contributed by atoms with Crippen LogP contribution < -0.4 is 5.32 Å². The van der Waals surface area contributed by atoms with Gasteiger partial charge in [0.05, 0.1) is 18.2 Å². The van der Waals surface area contributed by atoms with Gasteiger partial charge < -0.3 is 20.4 Å². The molecule has 0 aromatic rings. The Balaban J connectivity index is 2.40. The molecule has 16 heavy (non-hydrogen) atoms. The minimum atomic E-state index is -1.32. The number of aliphatic carboxylic acids is 1. The summed E-state index contributed by atoms with van der Waals surface area (Å²) in [5, 5.41) is 19.4. The molecule has 7 nitrogen and oxygen atoms in total. The van der Waals surface area contributed by atoms with Gasteiger partial charge in [0.15, 0.2) is 0 Å². The van der Waals surface area contributed by atoms with Crippen LogP contribution in [-0.2, 0) is 14.4 Å². The SMILES string of the molecule is O=C(CN1CSCC1=O)NC(CO)C(=O)O. The first kappa shape index (κ1) is 12.8. The van der Waals surface area contributed by atoms with E-state index in [-0.39, 0.29) is 12.5 Å². The number of nitrogens with zero attached hydrogens (tertiary/aromatic N) is 1. The van der Waals surface area contributed by atoms with Crippen LogP contribution in [-0.4, -0.2) is 63.7 Å². The minimum absolute atomic E-state index is 0.143. The summed E-state index contributed by atoms with van der Waals surface area (Å²) in [6, 6.07) is -1.32. The van der Waals surface area contributed by atoms with Gasteiger partial charge in [-0.25, -0.2) is 4.79 Å². The second-order valence-electron chi connectivity index (χ2n) is 3.21. The van der Waals surface area contributed by atoms with E-state index >= 15 is 0 Å². The molecule has 1 unspecified atom stereocenters. The summed E-state index contributed by atoms with van der Waals surface area (Å²) in [6.07, 6.45) is 0. The molecule has 1 aliphatic heterocycles. The second-order valence-corrected chi connectivity index (χ2v) is 4.17. The van der Waals surface area contributed by atoms with E-state index in [1.54, 1.807) is 0 Å². The number of carbonyl (C=O) groups is 3. The molecule has 8 heteroatoms. The maximum atomic E-state index is 11.3. The highest BCUT2D eigenvalue weighted by atomic mass is 32.2. The molecule has 0 spiro atoms. The van der Waals surface area contributed by atoms with Gasteiger partial charge in [-0.3, -0.25) is 9.59 Å². The molecule has 1 aliphatic rings. The summed E-state index contributed by atoms with van der Waals surface area (Å²) >= 11 is 1.39. The normalized spacial score (nSPS) is 17.3. The molecule has 1 saturated heterocycles. The van der Waals surface area contributed by atoms with Gasteiger partial charge in [-0.1, -0.05) is 0 Å². The number of rotatable bonds is 5. The molecule has 1 fully saturated rings. The Morgan fingerprint density at radius 1 is 1.56 bits per heavy atom. The molecular formula is C8H12N2O5S. The van der Waals surface area contributed by atoms with Crippen LogP contribution in [0.5, 0.6) is 0 Å². The van der Waals surface area contributed by atoms with Gasteiger partial charge in [0.1, 0.15) is 12.6 Å². The van der Waals surface area contributed by atoms with E-state index in [0.717, 1.165) is 0 Å². The van der Waals surface area contributed by atoms with Crippen LogP contribution in [0.2, 0.25) is 0 Å². The molecule has 1 heterocycles. The van der Waals surface area contributed by atoms with Crippen molar-refractivity contribution in [1.29, 1.82) is 0 Å². The van der Waals surface area contributed by atoms with Gasteiger partial charge in [0.25, 0.3) is 0 Å². The number of aliphatic hydroxyl groups excluding tert-OH is 1. The van der Waals surface area contributed by atoms with Gasteiger partial charge in [-0.2, -0.15) is 0 Å². The van der Waals surface area contributed by atoms with Crippen molar-refractivity contribution in [3.63, 3.8) is 0 Å². The number of carbonyl (C=O) groups excluding carboxylic acids is 2. The van der Waals surface area contributed by atoms with Gasteiger partial charge in [0, 0.05) is 0 Å². The lowest BCUT2D eigenvalue weighted by Crippen LogP contribution is -2.47. The third-order valence-electron chi connectivity index (χ3n) is 1.98. The number of aliphatic hydroxyl groups is 1. The van der Waals surface area contributed by atoms with E-state index in [1.165, 1.54) is 16.7 Å². The number of hydrogen-bond donors (Lipinski definition) is 3. The first-order valence-electron chi connectivity index (χ1n) is 4.53. The van der Waals surface area contributed by atoms with Crippen LogP contribution in [0.15, 0.2) is 0 Å². The lowest BCUT2D eigenvalue weighted by Gasteiger charge is -2.16. The lowest BCUT2D eigenvalue weighted by atomic mass is 10.3. The second kappa shape index (κ2) is 5.71. The van der Waals surface area contributed by atoms with E-state index in [2.05, 4.69) is 5.32 Å². The standard InChI is InChI=1S/C8H12N2O5S/c11-2-5(8(14)15)9-6(12)1-10-4-16-3-7(10)13/h5,11H,1-4H2,(H,9,12)(H,14,15). The number of nitrogens with one attached hydrogen (secondary N) is 1. The monoisotopic (exact) mass is 248 g/mol. The van der Waals surface area contributed by atoms with Crippen molar-refractivity contribution in [3.8, 4) is 0 Å². The summed E-state index contributed by atoms with van der Waals surface area (Å²) in [6.45, 7) is -0.848. The number of thioether (sulfide) groups is 1. The highest BCUT2D eigenvalue weighted by Crippen LogP contribution is 2.13. The molecule has 2 amide bonds. The van der Waals surface area contributed by atoms with E-state index in [0.29, 0.717) is 11.6 Å². The van der Waals surface area contributed by atoms with Gasteiger partial charge in [0.2, 0.25) is 11.8 Å². The van der Waals surface area contributed by atoms with Crippen LogP contribution >= 0.6 is 11.8 Å². The van der Waals surface area contributed by atoms with Crippen molar-refractivity contribution < 1.29 is 24.6 Å². The van der Waals surface area contributed by atoms with Crippen LogP contribution in [0.1, 0.15) is 0 Å². The molecule has 0 saturated carbocycles. The quantitative estimate of drug-likeness (QED) is 0.523. The molecule has 0 radical (unpaired) electrons. The zero-order valence-electron chi connectivity index (χ0n) is 8.38. The van der Waals surface area contributed by atoms with Crippen molar-refractivity contribution in [2.24, 2.45) is 0 Å². The highest BCUT2D eigenvalue weighted by molar-refractivity contribution is 8.00. The number of carboxylic acids is 1. The first-order valence-corrected chi connectivity index (χ1v) is 5.68. The van der Waals surface area contributed by atoms with E-state index in [4.69, 9.17) is 10.2 Å². The molecule has 0 bridgehead atoms. The minimum Gasteiger partial charge on any atom is -0.480 e. The van der Waals surface area contributed by atoms with Crippen molar-refractivity contribution in [2.75, 3.05) is 24.8 Å². The van der Waals surface area contributed by atoms with E-state index in [1.807, 2.05) is 0 Å². The highest BCUT2D eigenvalue weighted by Gasteiger charge is 2.25.